The molecule has 1 N–H and O–H groups in total. The van der Waals surface area contributed by atoms with Gasteiger partial charge < -0.3 is 23.7 Å². The summed E-state index contributed by atoms with van der Waals surface area (Å²) < 4.78 is 27.9. The van der Waals surface area contributed by atoms with Gasteiger partial charge in [0, 0.05) is 37.0 Å². The number of hydrogen-bond acceptors (Lipinski definition) is 12. The third-order valence-corrected chi connectivity index (χ3v) is 8.46. The van der Waals surface area contributed by atoms with Crippen LogP contribution in [0.3, 0.4) is 0 Å². The lowest BCUT2D eigenvalue weighted by Gasteiger charge is -2.34. The largest absolute Gasteiger partial charge is 0.444 e. The number of hydrogen-bond donors (Lipinski definition) is 1. The average molecular weight is 900 g/mol. The maximum Gasteiger partial charge on any atom is 0.437 e. The molecule has 0 unspecified atom stereocenters. The van der Waals surface area contributed by atoms with E-state index >= 15 is 0 Å². The number of amidine groups is 1. The third kappa shape index (κ3) is 24.1. The zero-order valence-corrected chi connectivity index (χ0v) is 41.4. The summed E-state index contributed by atoms with van der Waals surface area (Å²) in [4.78, 5) is 86.5. The van der Waals surface area contributed by atoms with Gasteiger partial charge in [0.15, 0.2) is 0 Å². The lowest BCUT2D eigenvalue weighted by molar-refractivity contribution is 0.0262. The van der Waals surface area contributed by atoms with Crippen molar-refractivity contribution in [2.45, 2.75) is 209 Å². The smallest absolute Gasteiger partial charge is 0.437 e. The van der Waals surface area contributed by atoms with E-state index in [4.69, 9.17) is 23.7 Å². The van der Waals surface area contributed by atoms with Crippen LogP contribution in [0.4, 0.5) is 24.0 Å². The van der Waals surface area contributed by atoms with Crippen molar-refractivity contribution in [3.05, 3.63) is 29.6 Å². The molecule has 0 radical (unpaired) electrons. The van der Waals surface area contributed by atoms with Gasteiger partial charge in [-0.1, -0.05) is 32.1 Å². The molecule has 1 aromatic heterocycles. The van der Waals surface area contributed by atoms with Crippen LogP contribution in [-0.4, -0.2) is 104 Å². The highest BCUT2D eigenvalue weighted by atomic mass is 16.6. The number of nitrogens with one attached hydrogen (secondary N) is 1. The van der Waals surface area contributed by atoms with Crippen LogP contribution in [0.2, 0.25) is 0 Å². The Hall–Kier alpha value is -5.09. The summed E-state index contributed by atoms with van der Waals surface area (Å²) in [5.74, 6) is -0.152. The summed E-state index contributed by atoms with van der Waals surface area (Å²) >= 11 is 0. The first-order valence-corrected chi connectivity index (χ1v) is 22.5. The van der Waals surface area contributed by atoms with Gasteiger partial charge in [0.2, 0.25) is 5.96 Å². The predicted octanol–water partition coefficient (Wildman–Crippen LogP) is 11.3. The van der Waals surface area contributed by atoms with E-state index in [0.29, 0.717) is 31.4 Å². The molecule has 0 fully saturated rings. The van der Waals surface area contributed by atoms with Gasteiger partial charge in [-0.15, -0.1) is 4.99 Å². The highest BCUT2D eigenvalue weighted by Gasteiger charge is 2.36. The first kappa shape index (κ1) is 55.0. The van der Waals surface area contributed by atoms with E-state index < -0.39 is 58.5 Å². The van der Waals surface area contributed by atoms with Crippen molar-refractivity contribution in [3.63, 3.8) is 0 Å². The molecule has 17 nitrogen and oxygen atoms in total. The maximum absolute atomic E-state index is 14.1. The molecule has 2 rings (SSSR count). The molecule has 1 aliphatic heterocycles. The molecule has 5 amide bonds. The quantitative estimate of drug-likeness (QED) is 0.0854. The molecule has 0 aromatic carbocycles. The summed E-state index contributed by atoms with van der Waals surface area (Å²) in [5.41, 5.74) is -1.97. The SMILES string of the molecule is CC(C)(C)OC(=O)/N=C(/CCCCCCCCCN(C(=O)OC(C)(C)C)/C(=N/C(=O)OC(C)(C)C)N(Cc1ccc(C2=NCCCC2)cn1)C(=O)OC(C)(C)C)NC(=O)OC(C)(C)C. The number of rotatable bonds is 13. The molecule has 0 spiro atoms. The lowest BCUT2D eigenvalue weighted by Crippen LogP contribution is -2.52. The van der Waals surface area contributed by atoms with Gasteiger partial charge in [-0.3, -0.25) is 15.3 Å². The predicted molar refractivity (Wildman–Crippen MR) is 248 cm³/mol. The molecule has 0 saturated heterocycles. The number of aromatic nitrogens is 1. The van der Waals surface area contributed by atoms with Gasteiger partial charge >= 0.3 is 30.5 Å². The van der Waals surface area contributed by atoms with Crippen LogP contribution in [0.25, 0.3) is 0 Å². The van der Waals surface area contributed by atoms with Crippen LogP contribution in [0, 0.1) is 0 Å². The van der Waals surface area contributed by atoms with Gasteiger partial charge in [-0.05, 0) is 148 Å². The van der Waals surface area contributed by atoms with Gasteiger partial charge in [-0.2, -0.15) is 4.99 Å². The summed E-state index contributed by atoms with van der Waals surface area (Å²) in [5, 5.41) is 2.59. The van der Waals surface area contributed by atoms with Crippen LogP contribution in [-0.2, 0) is 30.2 Å². The second-order valence-electron chi connectivity index (χ2n) is 20.8. The van der Waals surface area contributed by atoms with E-state index in [0.717, 1.165) is 67.7 Å². The molecular formula is C47H77N7O10. The Bertz CT molecular complexity index is 1810. The zero-order chi connectivity index (χ0) is 48.5. The monoisotopic (exact) mass is 900 g/mol. The van der Waals surface area contributed by atoms with Crippen molar-refractivity contribution in [3.8, 4) is 0 Å². The second-order valence-corrected chi connectivity index (χ2v) is 20.8. The van der Waals surface area contributed by atoms with E-state index in [1.807, 2.05) is 6.07 Å². The zero-order valence-electron chi connectivity index (χ0n) is 41.4. The van der Waals surface area contributed by atoms with E-state index in [-0.39, 0.29) is 24.9 Å². The normalized spacial score (nSPS) is 14.2. The molecule has 0 aliphatic carbocycles. The van der Waals surface area contributed by atoms with Crippen molar-refractivity contribution in [2.75, 3.05) is 13.1 Å². The molecule has 64 heavy (non-hydrogen) atoms. The molecule has 1 aliphatic rings. The third-order valence-electron chi connectivity index (χ3n) is 8.46. The molecular weight excluding hydrogens is 823 g/mol. The van der Waals surface area contributed by atoms with E-state index in [2.05, 4.69) is 25.3 Å². The molecule has 0 atom stereocenters. The number of nitrogens with zero attached hydrogens (tertiary/aromatic N) is 6. The number of unbranched alkanes of at least 4 members (excludes halogenated alkanes) is 6. The molecule has 0 saturated carbocycles. The number of alkyl carbamates (subject to hydrolysis) is 1. The number of amides is 5. The molecule has 360 valence electrons. The number of aliphatic imine (C=N–C) groups is 3. The Kier molecular flexibility index (Phi) is 20.9. The molecule has 1 aromatic rings. The Morgan fingerprint density at radius 3 is 1.59 bits per heavy atom. The minimum atomic E-state index is -1.01. The van der Waals surface area contributed by atoms with Crippen molar-refractivity contribution in [1.82, 2.24) is 20.1 Å². The highest BCUT2D eigenvalue weighted by molar-refractivity contribution is 6.05. The Balaban J connectivity index is 2.32. The van der Waals surface area contributed by atoms with E-state index in [9.17, 15) is 24.0 Å². The standard InChI is InChI=1S/C47H77N7O10/c1-43(2,3)60-38(55)50-36(51-39(56)61-44(4,5)6)26-21-19-17-16-18-20-24-30-53(41(58)63-46(10,11)12)37(52-40(57)62-45(7,8)9)54(42(59)64-47(13,14)15)32-34-28-27-33(31-49-34)35-25-22-23-29-48-35/h27-28,31H,16-26,29-30,32H2,1-15H3,(H,50,51,55,56)/b52-37-. The number of pyridine rings is 1. The Morgan fingerprint density at radius 1 is 0.609 bits per heavy atom. The first-order chi connectivity index (χ1) is 29.4. The summed E-state index contributed by atoms with van der Waals surface area (Å²) in [6.45, 7) is 26.4. The highest BCUT2D eigenvalue weighted by Crippen LogP contribution is 2.21. The number of carbonyl (C=O) groups excluding carboxylic acids is 5. The minimum absolute atomic E-state index is 0.0445. The summed E-state index contributed by atoms with van der Waals surface area (Å²) in [7, 11) is 0. The van der Waals surface area contributed by atoms with Gasteiger partial charge in [0.25, 0.3) is 0 Å². The number of guanidine groups is 1. The van der Waals surface area contributed by atoms with Crippen molar-refractivity contribution in [2.24, 2.45) is 15.0 Å². The van der Waals surface area contributed by atoms with Crippen molar-refractivity contribution >= 4 is 48.0 Å². The second kappa shape index (κ2) is 24.3. The van der Waals surface area contributed by atoms with Gasteiger partial charge in [0.05, 0.1) is 12.2 Å². The average Bonchev–Trinajstić information content (AvgIpc) is 3.10. The van der Waals surface area contributed by atoms with E-state index in [1.54, 1.807) is 116 Å². The van der Waals surface area contributed by atoms with Gasteiger partial charge in [-0.25, -0.2) is 33.8 Å². The summed E-state index contributed by atoms with van der Waals surface area (Å²) in [6.07, 6.45) is 5.86. The fraction of sp³-hybridized carbons (Fsp3) is 0.723. The first-order valence-electron chi connectivity index (χ1n) is 22.5. The van der Waals surface area contributed by atoms with Crippen molar-refractivity contribution < 1.29 is 47.7 Å². The Morgan fingerprint density at radius 2 is 1.11 bits per heavy atom. The van der Waals surface area contributed by atoms with Crippen LogP contribution in [0.15, 0.2) is 33.3 Å². The molecule has 0 bridgehead atoms. The van der Waals surface area contributed by atoms with E-state index in [1.165, 1.54) is 4.90 Å². The molecule has 2 heterocycles. The fourth-order valence-corrected chi connectivity index (χ4v) is 5.95. The number of carbonyl (C=O) groups is 5. The lowest BCUT2D eigenvalue weighted by atomic mass is 10.0. The van der Waals surface area contributed by atoms with Gasteiger partial charge in [0.1, 0.15) is 33.8 Å². The maximum atomic E-state index is 14.1. The topological polar surface area (TPSA) is 200 Å². The van der Waals surface area contributed by atoms with Crippen LogP contribution in [0.5, 0.6) is 0 Å². The Labute approximate surface area is 381 Å². The summed E-state index contributed by atoms with van der Waals surface area (Å²) in [6, 6.07) is 3.67. The fourth-order valence-electron chi connectivity index (χ4n) is 5.95. The van der Waals surface area contributed by atoms with Crippen molar-refractivity contribution in [1.29, 1.82) is 0 Å². The van der Waals surface area contributed by atoms with Crippen LogP contribution >= 0.6 is 0 Å². The van der Waals surface area contributed by atoms with Crippen LogP contribution < -0.4 is 5.32 Å². The number of ether oxygens (including phenoxy) is 5. The van der Waals surface area contributed by atoms with Crippen LogP contribution in [0.1, 0.15) is 186 Å². The molecule has 17 heteroatoms. The minimum Gasteiger partial charge on any atom is -0.444 e.